The van der Waals surface area contributed by atoms with Gasteiger partial charge in [0.05, 0.1) is 0 Å². The summed E-state index contributed by atoms with van der Waals surface area (Å²) in [6.07, 6.45) is 16.3. The molecule has 1 aromatic rings. The molecule has 2 bridgehead atoms. The predicted octanol–water partition coefficient (Wildman–Crippen LogP) is 4.22. The quantitative estimate of drug-likeness (QED) is 0.755. The molecule has 0 N–H and O–H groups in total. The summed E-state index contributed by atoms with van der Waals surface area (Å²) in [5.41, 5.74) is 1.20. The molecule has 0 spiro atoms. The van der Waals surface area contributed by atoms with Crippen LogP contribution in [0.15, 0.2) is 66.8 Å². The van der Waals surface area contributed by atoms with E-state index in [0.717, 1.165) is 24.2 Å². The van der Waals surface area contributed by atoms with Crippen LogP contribution in [0.5, 0.6) is 0 Å². The lowest BCUT2D eigenvalue weighted by Gasteiger charge is -2.34. The third kappa shape index (κ3) is 2.21. The summed E-state index contributed by atoms with van der Waals surface area (Å²) in [5.74, 6) is 2.39. The molecule has 1 aromatic carbocycles. The first-order valence-electron chi connectivity index (χ1n) is 7.91. The fraction of sp³-hybridized carbons (Fsp3) is 0.350. The fourth-order valence-corrected chi connectivity index (χ4v) is 4.33. The zero-order chi connectivity index (χ0) is 14.3. The van der Waals surface area contributed by atoms with E-state index in [1.165, 1.54) is 18.4 Å². The standard InChI is InChI=1S/C20H20O/c21-19-8-10-20(11-9-19,18-4-2-1-3-5-18)14-17-13-15-6-7-16(17)12-15/h1-11,15-17H,12-14H2. The minimum absolute atomic E-state index is 0.0991. The maximum absolute atomic E-state index is 11.6. The van der Waals surface area contributed by atoms with Gasteiger partial charge in [0, 0.05) is 5.41 Å². The Morgan fingerprint density at radius 1 is 1.00 bits per heavy atom. The summed E-state index contributed by atoms with van der Waals surface area (Å²) in [6.45, 7) is 0. The molecule has 4 rings (SSSR count). The van der Waals surface area contributed by atoms with E-state index >= 15 is 0 Å². The first-order chi connectivity index (χ1) is 10.3. The maximum Gasteiger partial charge on any atom is 0.178 e. The van der Waals surface area contributed by atoms with Crippen LogP contribution >= 0.6 is 0 Å². The highest BCUT2D eigenvalue weighted by molar-refractivity contribution is 6.00. The molecule has 3 aliphatic carbocycles. The van der Waals surface area contributed by atoms with Crippen LogP contribution in [-0.2, 0) is 10.2 Å². The molecule has 1 nitrogen and oxygen atoms in total. The summed E-state index contributed by atoms with van der Waals surface area (Å²) in [4.78, 5) is 11.6. The van der Waals surface area contributed by atoms with Crippen LogP contribution in [-0.4, -0.2) is 5.78 Å². The number of hydrogen-bond donors (Lipinski definition) is 0. The third-order valence-corrected chi connectivity index (χ3v) is 5.42. The van der Waals surface area contributed by atoms with Crippen LogP contribution in [0.4, 0.5) is 0 Å². The lowest BCUT2D eigenvalue weighted by atomic mass is 9.69. The van der Waals surface area contributed by atoms with Gasteiger partial charge in [0.1, 0.15) is 0 Å². The Bertz CT molecular complexity index is 619. The number of hydrogen-bond acceptors (Lipinski definition) is 1. The van der Waals surface area contributed by atoms with Gasteiger partial charge in [-0.15, -0.1) is 0 Å². The van der Waals surface area contributed by atoms with Crippen LogP contribution in [0.2, 0.25) is 0 Å². The van der Waals surface area contributed by atoms with Crippen molar-refractivity contribution in [3.05, 3.63) is 72.4 Å². The van der Waals surface area contributed by atoms with Crippen molar-refractivity contribution in [1.82, 2.24) is 0 Å². The van der Waals surface area contributed by atoms with E-state index in [0.29, 0.717) is 0 Å². The van der Waals surface area contributed by atoms with E-state index in [1.54, 1.807) is 12.2 Å². The SMILES string of the molecule is O=C1C=CC(CC2CC3C=CC2C3)(c2ccccc2)C=C1. The van der Waals surface area contributed by atoms with Gasteiger partial charge in [0.25, 0.3) is 0 Å². The summed E-state index contributed by atoms with van der Waals surface area (Å²) >= 11 is 0. The van der Waals surface area contributed by atoms with Gasteiger partial charge in [0.2, 0.25) is 0 Å². The predicted molar refractivity (Wildman–Crippen MR) is 84.9 cm³/mol. The molecule has 0 aliphatic heterocycles. The number of benzene rings is 1. The van der Waals surface area contributed by atoms with Crippen LogP contribution in [0.3, 0.4) is 0 Å². The van der Waals surface area contributed by atoms with Crippen molar-refractivity contribution in [2.75, 3.05) is 0 Å². The first-order valence-corrected chi connectivity index (χ1v) is 7.91. The summed E-state index contributed by atoms with van der Waals surface area (Å²) in [5, 5.41) is 0. The second kappa shape index (κ2) is 4.84. The number of ketones is 1. The summed E-state index contributed by atoms with van der Waals surface area (Å²) < 4.78 is 0. The van der Waals surface area contributed by atoms with E-state index in [1.807, 2.05) is 0 Å². The van der Waals surface area contributed by atoms with Gasteiger partial charge in [-0.2, -0.15) is 0 Å². The van der Waals surface area contributed by atoms with Gasteiger partial charge in [-0.05, 0) is 54.7 Å². The molecular weight excluding hydrogens is 256 g/mol. The van der Waals surface area contributed by atoms with E-state index in [4.69, 9.17) is 0 Å². The zero-order valence-corrected chi connectivity index (χ0v) is 12.1. The topological polar surface area (TPSA) is 17.1 Å². The highest BCUT2D eigenvalue weighted by Crippen LogP contribution is 2.49. The summed E-state index contributed by atoms with van der Waals surface area (Å²) in [7, 11) is 0. The largest absolute Gasteiger partial charge is 0.290 e. The minimum atomic E-state index is -0.0991. The second-order valence-electron chi connectivity index (χ2n) is 6.72. The summed E-state index contributed by atoms with van der Waals surface area (Å²) in [6, 6.07) is 10.6. The number of allylic oxidation sites excluding steroid dienone is 6. The average Bonchev–Trinajstić information content (AvgIpc) is 3.13. The monoisotopic (exact) mass is 276 g/mol. The van der Waals surface area contributed by atoms with Gasteiger partial charge < -0.3 is 0 Å². The Kier molecular flexibility index (Phi) is 2.95. The van der Waals surface area contributed by atoms with E-state index in [-0.39, 0.29) is 11.2 Å². The second-order valence-corrected chi connectivity index (χ2v) is 6.72. The average molecular weight is 276 g/mol. The molecule has 1 fully saturated rings. The maximum atomic E-state index is 11.6. The Labute approximate surface area is 126 Å². The molecule has 3 atom stereocenters. The molecule has 106 valence electrons. The van der Waals surface area contributed by atoms with Crippen LogP contribution in [0.25, 0.3) is 0 Å². The van der Waals surface area contributed by atoms with Crippen molar-refractivity contribution in [1.29, 1.82) is 0 Å². The molecule has 0 amide bonds. The molecule has 3 aliphatic rings. The van der Waals surface area contributed by atoms with E-state index in [9.17, 15) is 4.79 Å². The lowest BCUT2D eigenvalue weighted by Crippen LogP contribution is -2.28. The van der Waals surface area contributed by atoms with Gasteiger partial charge in [-0.3, -0.25) is 4.79 Å². The van der Waals surface area contributed by atoms with Crippen LogP contribution in [0, 0.1) is 17.8 Å². The van der Waals surface area contributed by atoms with E-state index in [2.05, 4.69) is 54.6 Å². The Morgan fingerprint density at radius 2 is 1.76 bits per heavy atom. The van der Waals surface area contributed by atoms with Crippen molar-refractivity contribution in [3.63, 3.8) is 0 Å². The molecule has 0 radical (unpaired) electrons. The molecule has 0 saturated heterocycles. The molecule has 1 heteroatoms. The Morgan fingerprint density at radius 3 is 2.38 bits per heavy atom. The van der Waals surface area contributed by atoms with Crippen molar-refractivity contribution >= 4 is 5.78 Å². The highest BCUT2D eigenvalue weighted by atomic mass is 16.1. The number of rotatable bonds is 3. The van der Waals surface area contributed by atoms with Crippen molar-refractivity contribution in [3.8, 4) is 0 Å². The van der Waals surface area contributed by atoms with E-state index < -0.39 is 0 Å². The van der Waals surface area contributed by atoms with Gasteiger partial charge in [-0.1, -0.05) is 54.6 Å². The number of carbonyl (C=O) groups excluding carboxylic acids is 1. The third-order valence-electron chi connectivity index (χ3n) is 5.42. The van der Waals surface area contributed by atoms with Gasteiger partial charge >= 0.3 is 0 Å². The zero-order valence-electron chi connectivity index (χ0n) is 12.1. The normalized spacial score (nSPS) is 32.0. The number of fused-ring (bicyclic) bond motifs is 2. The van der Waals surface area contributed by atoms with Crippen molar-refractivity contribution in [2.45, 2.75) is 24.7 Å². The fourth-order valence-electron chi connectivity index (χ4n) is 4.33. The minimum Gasteiger partial charge on any atom is -0.290 e. The van der Waals surface area contributed by atoms with Crippen molar-refractivity contribution < 1.29 is 4.79 Å². The lowest BCUT2D eigenvalue weighted by molar-refractivity contribution is -0.110. The molecule has 0 aromatic heterocycles. The molecule has 3 unspecified atom stereocenters. The first kappa shape index (κ1) is 12.8. The smallest absolute Gasteiger partial charge is 0.178 e. The highest BCUT2D eigenvalue weighted by Gasteiger charge is 2.41. The van der Waals surface area contributed by atoms with Gasteiger partial charge in [-0.25, -0.2) is 0 Å². The molecule has 0 heterocycles. The Balaban J connectivity index is 1.68. The van der Waals surface area contributed by atoms with Crippen molar-refractivity contribution in [2.24, 2.45) is 17.8 Å². The molecule has 1 saturated carbocycles. The number of carbonyl (C=O) groups is 1. The van der Waals surface area contributed by atoms with Gasteiger partial charge in [0.15, 0.2) is 5.78 Å². The molecular formula is C20H20O. The Hall–Kier alpha value is -1.89. The van der Waals surface area contributed by atoms with Crippen LogP contribution < -0.4 is 0 Å². The molecule has 21 heavy (non-hydrogen) atoms. The van der Waals surface area contributed by atoms with Crippen LogP contribution in [0.1, 0.15) is 24.8 Å².